The molecule has 0 radical (unpaired) electrons. The standard InChI is InChI=1S/C20H20F4N4O/c1-12-7-14(20(22,23)24)8-16(29)17(12)15-4-3-13-9-28(27-18(13)26-15)11-19(21)5-2-6-25-10-19/h3-4,7-9,25,29H,2,5-6,10-11H2,1H3. The normalized spacial score (nSPS) is 20.3. The van der Waals surface area contributed by atoms with E-state index in [1.165, 1.54) is 11.6 Å². The molecular weight excluding hydrogens is 388 g/mol. The molecule has 4 rings (SSSR count). The van der Waals surface area contributed by atoms with Gasteiger partial charge in [-0.15, -0.1) is 0 Å². The SMILES string of the molecule is Cc1cc(C(F)(F)F)cc(O)c1-c1ccc2cn(CC3(F)CCCNC3)nc2n1. The molecule has 0 spiro atoms. The lowest BCUT2D eigenvalue weighted by Crippen LogP contribution is -2.45. The number of nitrogens with one attached hydrogen (secondary N) is 1. The summed E-state index contributed by atoms with van der Waals surface area (Å²) in [6.07, 6.45) is -1.64. The summed E-state index contributed by atoms with van der Waals surface area (Å²) < 4.78 is 55.2. The maximum atomic E-state index is 14.9. The number of aromatic nitrogens is 3. The fourth-order valence-electron chi connectivity index (χ4n) is 3.79. The van der Waals surface area contributed by atoms with Crippen LogP contribution in [0.3, 0.4) is 0 Å². The van der Waals surface area contributed by atoms with E-state index in [4.69, 9.17) is 0 Å². The van der Waals surface area contributed by atoms with E-state index in [1.807, 2.05) is 0 Å². The smallest absolute Gasteiger partial charge is 0.416 e. The number of aryl methyl sites for hydroxylation is 1. The van der Waals surface area contributed by atoms with Crippen LogP contribution in [0.1, 0.15) is 24.0 Å². The predicted octanol–water partition coefficient (Wildman–Crippen LogP) is 4.22. The molecule has 1 saturated heterocycles. The Morgan fingerprint density at radius 1 is 1.28 bits per heavy atom. The fourth-order valence-corrected chi connectivity index (χ4v) is 3.79. The zero-order chi connectivity index (χ0) is 20.8. The van der Waals surface area contributed by atoms with Gasteiger partial charge in [0.15, 0.2) is 5.65 Å². The molecule has 5 nitrogen and oxygen atoms in total. The molecule has 2 N–H and O–H groups in total. The highest BCUT2D eigenvalue weighted by molar-refractivity contribution is 5.80. The number of halogens is 4. The fraction of sp³-hybridized carbons (Fsp3) is 0.400. The van der Waals surface area contributed by atoms with Crippen molar-refractivity contribution in [3.05, 3.63) is 41.6 Å². The molecule has 0 amide bonds. The van der Waals surface area contributed by atoms with E-state index in [-0.39, 0.29) is 24.2 Å². The molecule has 3 heterocycles. The molecule has 1 aromatic carbocycles. The average Bonchev–Trinajstić information content (AvgIpc) is 3.01. The van der Waals surface area contributed by atoms with Gasteiger partial charge in [-0.3, -0.25) is 4.68 Å². The maximum Gasteiger partial charge on any atom is 0.416 e. The van der Waals surface area contributed by atoms with E-state index < -0.39 is 23.2 Å². The number of pyridine rings is 1. The Kier molecular flexibility index (Phi) is 4.72. The van der Waals surface area contributed by atoms with Gasteiger partial charge in [-0.1, -0.05) is 0 Å². The molecule has 0 saturated carbocycles. The largest absolute Gasteiger partial charge is 0.507 e. The molecule has 1 fully saturated rings. The predicted molar refractivity (Wildman–Crippen MR) is 100 cm³/mol. The van der Waals surface area contributed by atoms with Crippen molar-refractivity contribution in [3.63, 3.8) is 0 Å². The topological polar surface area (TPSA) is 63.0 Å². The molecule has 0 bridgehead atoms. The first kappa shape index (κ1) is 19.6. The number of alkyl halides is 4. The molecule has 29 heavy (non-hydrogen) atoms. The lowest BCUT2D eigenvalue weighted by atomic mass is 9.96. The van der Waals surface area contributed by atoms with Gasteiger partial charge in [0, 0.05) is 23.7 Å². The Bertz CT molecular complexity index is 1030. The average molecular weight is 408 g/mol. The van der Waals surface area contributed by atoms with Gasteiger partial charge in [-0.25, -0.2) is 9.37 Å². The molecule has 0 aliphatic carbocycles. The van der Waals surface area contributed by atoms with Crippen molar-refractivity contribution >= 4 is 11.0 Å². The van der Waals surface area contributed by atoms with Crippen molar-refractivity contribution in [1.82, 2.24) is 20.1 Å². The Morgan fingerprint density at radius 2 is 2.07 bits per heavy atom. The van der Waals surface area contributed by atoms with E-state index in [0.717, 1.165) is 19.0 Å². The van der Waals surface area contributed by atoms with E-state index in [2.05, 4.69) is 15.4 Å². The molecule has 1 aliphatic heterocycles. The van der Waals surface area contributed by atoms with Gasteiger partial charge in [0.25, 0.3) is 0 Å². The van der Waals surface area contributed by atoms with E-state index >= 15 is 0 Å². The van der Waals surface area contributed by atoms with E-state index in [0.29, 0.717) is 29.2 Å². The third-order valence-corrected chi connectivity index (χ3v) is 5.18. The Morgan fingerprint density at radius 3 is 2.72 bits per heavy atom. The van der Waals surface area contributed by atoms with Crippen molar-refractivity contribution < 1.29 is 22.7 Å². The molecule has 1 aliphatic rings. The van der Waals surface area contributed by atoms with Crippen LogP contribution >= 0.6 is 0 Å². The number of hydrogen-bond acceptors (Lipinski definition) is 4. The summed E-state index contributed by atoms with van der Waals surface area (Å²) in [6, 6.07) is 4.98. The number of fused-ring (bicyclic) bond motifs is 1. The molecule has 1 unspecified atom stereocenters. The molecule has 154 valence electrons. The number of benzene rings is 1. The molecule has 9 heteroatoms. The van der Waals surface area contributed by atoms with Crippen molar-refractivity contribution in [2.75, 3.05) is 13.1 Å². The molecule has 1 atom stereocenters. The minimum Gasteiger partial charge on any atom is -0.507 e. The van der Waals surface area contributed by atoms with Crippen LogP contribution in [-0.2, 0) is 12.7 Å². The zero-order valence-electron chi connectivity index (χ0n) is 15.7. The van der Waals surface area contributed by atoms with Gasteiger partial charge in [0.2, 0.25) is 0 Å². The van der Waals surface area contributed by atoms with E-state index in [9.17, 15) is 22.7 Å². The Hall–Kier alpha value is -2.68. The van der Waals surface area contributed by atoms with E-state index in [1.54, 1.807) is 18.3 Å². The lowest BCUT2D eigenvalue weighted by molar-refractivity contribution is -0.137. The summed E-state index contributed by atoms with van der Waals surface area (Å²) in [6.45, 7) is 2.64. The highest BCUT2D eigenvalue weighted by Gasteiger charge is 2.33. The van der Waals surface area contributed by atoms with Crippen LogP contribution in [0.15, 0.2) is 30.5 Å². The van der Waals surface area contributed by atoms with Crippen molar-refractivity contribution in [3.8, 4) is 17.0 Å². The number of phenols is 1. The number of piperidine rings is 1. The minimum atomic E-state index is -4.55. The van der Waals surface area contributed by atoms with Crippen LogP contribution in [0.25, 0.3) is 22.3 Å². The quantitative estimate of drug-likeness (QED) is 0.637. The second kappa shape index (κ2) is 6.98. The summed E-state index contributed by atoms with van der Waals surface area (Å²) in [4.78, 5) is 4.38. The first-order chi connectivity index (χ1) is 13.6. The monoisotopic (exact) mass is 408 g/mol. The number of hydrogen-bond donors (Lipinski definition) is 2. The highest BCUT2D eigenvalue weighted by atomic mass is 19.4. The Balaban J connectivity index is 1.68. The van der Waals surface area contributed by atoms with Crippen molar-refractivity contribution in [2.45, 2.75) is 38.2 Å². The summed E-state index contributed by atoms with van der Waals surface area (Å²) in [5.74, 6) is -0.500. The second-order valence-electron chi connectivity index (χ2n) is 7.55. The van der Waals surface area contributed by atoms with Gasteiger partial charge >= 0.3 is 6.18 Å². The summed E-state index contributed by atoms with van der Waals surface area (Å²) >= 11 is 0. The van der Waals surface area contributed by atoms with Crippen LogP contribution in [0, 0.1) is 6.92 Å². The van der Waals surface area contributed by atoms with Crippen molar-refractivity contribution in [2.24, 2.45) is 0 Å². The summed E-state index contributed by atoms with van der Waals surface area (Å²) in [5.41, 5.74) is -1.19. The van der Waals surface area contributed by atoms with Crippen LogP contribution in [0.5, 0.6) is 5.75 Å². The van der Waals surface area contributed by atoms with Crippen LogP contribution in [0.2, 0.25) is 0 Å². The number of phenolic OH excluding ortho intramolecular Hbond substituents is 1. The number of nitrogens with zero attached hydrogens (tertiary/aromatic N) is 3. The molecule has 2 aromatic heterocycles. The number of aromatic hydroxyl groups is 1. The van der Waals surface area contributed by atoms with Crippen LogP contribution in [0.4, 0.5) is 17.6 Å². The maximum absolute atomic E-state index is 14.9. The third kappa shape index (κ3) is 3.91. The first-order valence-corrected chi connectivity index (χ1v) is 9.30. The zero-order valence-corrected chi connectivity index (χ0v) is 15.7. The number of rotatable bonds is 3. The highest BCUT2D eigenvalue weighted by Crippen LogP contribution is 2.38. The second-order valence-corrected chi connectivity index (χ2v) is 7.55. The third-order valence-electron chi connectivity index (χ3n) is 5.18. The Labute approximate surface area is 164 Å². The van der Waals surface area contributed by atoms with Crippen LogP contribution < -0.4 is 5.32 Å². The molecular formula is C20H20F4N4O. The van der Waals surface area contributed by atoms with Gasteiger partial charge in [-0.2, -0.15) is 18.3 Å². The van der Waals surface area contributed by atoms with Gasteiger partial charge in [-0.05, 0) is 56.1 Å². The first-order valence-electron chi connectivity index (χ1n) is 9.30. The van der Waals surface area contributed by atoms with Gasteiger partial charge in [0.05, 0.1) is 17.8 Å². The summed E-state index contributed by atoms with van der Waals surface area (Å²) in [5, 5.41) is 18.3. The van der Waals surface area contributed by atoms with Crippen LogP contribution in [-0.4, -0.2) is 38.6 Å². The lowest BCUT2D eigenvalue weighted by Gasteiger charge is -2.29. The van der Waals surface area contributed by atoms with Gasteiger partial charge < -0.3 is 10.4 Å². The summed E-state index contributed by atoms with van der Waals surface area (Å²) in [7, 11) is 0. The van der Waals surface area contributed by atoms with Crippen molar-refractivity contribution in [1.29, 1.82) is 0 Å². The van der Waals surface area contributed by atoms with Gasteiger partial charge in [0.1, 0.15) is 11.4 Å². The molecule has 3 aromatic rings. The minimum absolute atomic E-state index is 0.0935.